The van der Waals surface area contributed by atoms with Crippen molar-refractivity contribution in [3.8, 4) is 0 Å². The highest BCUT2D eigenvalue weighted by Crippen LogP contribution is 2.13. The van der Waals surface area contributed by atoms with E-state index in [4.69, 9.17) is 0 Å². The summed E-state index contributed by atoms with van der Waals surface area (Å²) in [6.07, 6.45) is 0. The second kappa shape index (κ2) is 3.01. The highest BCUT2D eigenvalue weighted by molar-refractivity contribution is 6.01. The lowest BCUT2D eigenvalue weighted by atomic mass is 10.6. The van der Waals surface area contributed by atoms with Crippen molar-refractivity contribution in [3.05, 3.63) is 0 Å². The summed E-state index contributed by atoms with van der Waals surface area (Å²) in [4.78, 5) is 44.7. The first-order chi connectivity index (χ1) is 7.09. The van der Waals surface area contributed by atoms with Crippen LogP contribution in [0.2, 0.25) is 0 Å². The summed E-state index contributed by atoms with van der Waals surface area (Å²) in [6, 6.07) is -3.75. The lowest BCUT2D eigenvalue weighted by Crippen LogP contribution is -2.42. The molecule has 0 aromatic heterocycles. The van der Waals surface area contributed by atoms with Crippen LogP contribution in [0.15, 0.2) is 20.5 Å². The number of azo groups is 2. The minimum Gasteiger partial charge on any atom is -0.244 e. The van der Waals surface area contributed by atoms with Gasteiger partial charge in [0.25, 0.3) is 0 Å². The number of nitrogens with zero attached hydrogens (tertiary/aromatic N) is 6. The normalized spacial score (nSPS) is 20.0. The number of urea groups is 4. The van der Waals surface area contributed by atoms with E-state index in [0.717, 1.165) is 0 Å². The molecule has 0 aromatic rings. The SMILES string of the molecule is O=C1N=NC(=O)N1CN1C(=O)N=NC1=O. The fourth-order valence-electron chi connectivity index (χ4n) is 0.934. The summed E-state index contributed by atoms with van der Waals surface area (Å²) in [5.74, 6) is 0. The van der Waals surface area contributed by atoms with E-state index in [2.05, 4.69) is 20.5 Å². The Kier molecular flexibility index (Phi) is 1.81. The number of carbonyl (C=O) groups is 4. The number of hydrogen-bond acceptors (Lipinski definition) is 4. The molecule has 0 unspecified atom stereocenters. The molecule has 10 nitrogen and oxygen atoms in total. The standard InChI is InChI=1S/C5H2N6O4/c12-2-6-7-3(13)10(2)1-11-4(14)8-9-5(11)15/h1H2. The first kappa shape index (κ1) is 9.05. The van der Waals surface area contributed by atoms with Gasteiger partial charge in [0.05, 0.1) is 0 Å². The van der Waals surface area contributed by atoms with Crippen molar-refractivity contribution in [2.75, 3.05) is 6.67 Å². The van der Waals surface area contributed by atoms with Crippen LogP contribution in [0.4, 0.5) is 19.2 Å². The number of imide groups is 2. The Morgan fingerprint density at radius 1 is 0.667 bits per heavy atom. The van der Waals surface area contributed by atoms with E-state index >= 15 is 0 Å². The van der Waals surface area contributed by atoms with Gasteiger partial charge in [-0.1, -0.05) is 20.5 Å². The van der Waals surface area contributed by atoms with Crippen LogP contribution < -0.4 is 0 Å². The Morgan fingerprint density at radius 2 is 0.933 bits per heavy atom. The molecule has 0 N–H and O–H groups in total. The molecule has 2 heterocycles. The maximum absolute atomic E-state index is 10.9. The molecule has 0 bridgehead atoms. The largest absolute Gasteiger partial charge is 0.372 e. The van der Waals surface area contributed by atoms with E-state index in [1.807, 2.05) is 0 Å². The minimum absolute atomic E-state index is 0.520. The lowest BCUT2D eigenvalue weighted by molar-refractivity contribution is 0.172. The maximum Gasteiger partial charge on any atom is 0.372 e. The van der Waals surface area contributed by atoms with Crippen LogP contribution in [0.1, 0.15) is 0 Å². The molecule has 10 heteroatoms. The highest BCUT2D eigenvalue weighted by Gasteiger charge is 2.35. The van der Waals surface area contributed by atoms with Crippen LogP contribution in [0.25, 0.3) is 0 Å². The van der Waals surface area contributed by atoms with Gasteiger partial charge in [-0.15, -0.1) is 0 Å². The number of amides is 8. The predicted molar refractivity (Wildman–Crippen MR) is 39.8 cm³/mol. The first-order valence-corrected chi connectivity index (χ1v) is 3.64. The third kappa shape index (κ3) is 1.37. The van der Waals surface area contributed by atoms with E-state index in [9.17, 15) is 19.2 Å². The second-order valence-electron chi connectivity index (χ2n) is 2.53. The van der Waals surface area contributed by atoms with E-state index in [0.29, 0.717) is 9.80 Å². The molecule has 0 atom stereocenters. The highest BCUT2D eigenvalue weighted by atomic mass is 16.2. The zero-order chi connectivity index (χ0) is 11.0. The average molecular weight is 210 g/mol. The summed E-state index contributed by atoms with van der Waals surface area (Å²) in [5.41, 5.74) is 0. The zero-order valence-corrected chi connectivity index (χ0v) is 7.02. The summed E-state index contributed by atoms with van der Waals surface area (Å²) in [7, 11) is 0. The van der Waals surface area contributed by atoms with E-state index in [1.165, 1.54) is 0 Å². The van der Waals surface area contributed by atoms with Gasteiger partial charge in [-0.05, 0) is 0 Å². The van der Waals surface area contributed by atoms with Gasteiger partial charge >= 0.3 is 24.1 Å². The molecule has 0 fully saturated rings. The molecule has 2 rings (SSSR count). The van der Waals surface area contributed by atoms with E-state index < -0.39 is 30.8 Å². The Labute approximate surface area is 81.2 Å². The van der Waals surface area contributed by atoms with Gasteiger partial charge in [0.2, 0.25) is 0 Å². The molecule has 0 spiro atoms. The van der Waals surface area contributed by atoms with Gasteiger partial charge in [-0.2, -0.15) is 0 Å². The van der Waals surface area contributed by atoms with Crippen LogP contribution in [-0.4, -0.2) is 40.6 Å². The number of carbonyl (C=O) groups excluding carboxylic acids is 4. The van der Waals surface area contributed by atoms with Crippen molar-refractivity contribution >= 4 is 24.1 Å². The molecule has 2 aliphatic rings. The summed E-state index contributed by atoms with van der Waals surface area (Å²) < 4.78 is 0. The molecular weight excluding hydrogens is 208 g/mol. The molecule has 2 aliphatic heterocycles. The van der Waals surface area contributed by atoms with E-state index in [1.54, 1.807) is 0 Å². The molecule has 0 radical (unpaired) electrons. The Bertz CT molecular complexity index is 363. The first-order valence-electron chi connectivity index (χ1n) is 3.64. The fraction of sp³-hybridized carbons (Fsp3) is 0.200. The fourth-order valence-corrected chi connectivity index (χ4v) is 0.934. The lowest BCUT2D eigenvalue weighted by Gasteiger charge is -2.15. The van der Waals surface area contributed by atoms with Crippen molar-refractivity contribution in [2.24, 2.45) is 20.5 Å². The minimum atomic E-state index is -0.938. The van der Waals surface area contributed by atoms with Crippen molar-refractivity contribution in [3.63, 3.8) is 0 Å². The van der Waals surface area contributed by atoms with Gasteiger partial charge in [-0.3, -0.25) is 0 Å². The van der Waals surface area contributed by atoms with Gasteiger partial charge in [0.1, 0.15) is 6.67 Å². The molecule has 0 aromatic carbocycles. The molecule has 0 saturated heterocycles. The van der Waals surface area contributed by atoms with Gasteiger partial charge in [0, 0.05) is 0 Å². The topological polar surface area (TPSA) is 124 Å². The van der Waals surface area contributed by atoms with Crippen LogP contribution >= 0.6 is 0 Å². The molecule has 0 saturated carbocycles. The molecular formula is C5H2N6O4. The van der Waals surface area contributed by atoms with Crippen molar-refractivity contribution in [1.82, 2.24) is 9.80 Å². The molecule has 8 amide bonds. The maximum atomic E-state index is 10.9. The van der Waals surface area contributed by atoms with Crippen LogP contribution in [0.5, 0.6) is 0 Å². The summed E-state index contributed by atoms with van der Waals surface area (Å²) in [5, 5.41) is 11.8. The van der Waals surface area contributed by atoms with E-state index in [-0.39, 0.29) is 0 Å². The van der Waals surface area contributed by atoms with Crippen molar-refractivity contribution in [1.29, 1.82) is 0 Å². The van der Waals surface area contributed by atoms with Crippen molar-refractivity contribution in [2.45, 2.75) is 0 Å². The number of hydrogen-bond donors (Lipinski definition) is 0. The Hall–Kier alpha value is -2.52. The van der Waals surface area contributed by atoms with Gasteiger partial charge < -0.3 is 0 Å². The van der Waals surface area contributed by atoms with Crippen LogP contribution in [0, 0.1) is 0 Å². The smallest absolute Gasteiger partial charge is 0.244 e. The number of rotatable bonds is 2. The summed E-state index contributed by atoms with van der Waals surface area (Å²) >= 11 is 0. The Balaban J connectivity index is 2.10. The average Bonchev–Trinajstić information content (AvgIpc) is 2.67. The van der Waals surface area contributed by atoms with Crippen molar-refractivity contribution < 1.29 is 19.2 Å². The third-order valence-corrected chi connectivity index (χ3v) is 1.65. The predicted octanol–water partition coefficient (Wildman–Crippen LogP) is 0.960. The van der Waals surface area contributed by atoms with Gasteiger partial charge in [-0.25, -0.2) is 29.0 Å². The van der Waals surface area contributed by atoms with Crippen LogP contribution in [0.3, 0.4) is 0 Å². The monoisotopic (exact) mass is 210 g/mol. The third-order valence-electron chi connectivity index (χ3n) is 1.65. The summed E-state index contributed by atoms with van der Waals surface area (Å²) in [6.45, 7) is -0.574. The second-order valence-corrected chi connectivity index (χ2v) is 2.53. The zero-order valence-electron chi connectivity index (χ0n) is 7.02. The Morgan fingerprint density at radius 3 is 1.20 bits per heavy atom. The van der Waals surface area contributed by atoms with Crippen LogP contribution in [-0.2, 0) is 0 Å². The quantitative estimate of drug-likeness (QED) is 0.672. The molecule has 15 heavy (non-hydrogen) atoms. The molecule has 0 aliphatic carbocycles. The molecule has 76 valence electrons. The van der Waals surface area contributed by atoms with Gasteiger partial charge in [0.15, 0.2) is 0 Å².